The van der Waals surface area contributed by atoms with Crippen LogP contribution in [0.2, 0.25) is 0 Å². The quantitative estimate of drug-likeness (QED) is 0.462. The van der Waals surface area contributed by atoms with Crippen molar-refractivity contribution >= 4 is 26.7 Å². The Labute approximate surface area is 202 Å². The van der Waals surface area contributed by atoms with Crippen LogP contribution in [0.5, 0.6) is 11.5 Å². The van der Waals surface area contributed by atoms with Gasteiger partial charge in [-0.25, -0.2) is 8.42 Å². The number of ether oxygens (including phenoxy) is 2. The van der Waals surface area contributed by atoms with Crippen molar-refractivity contribution in [2.75, 3.05) is 24.7 Å². The molecule has 2 aliphatic rings. The van der Waals surface area contributed by atoms with Crippen LogP contribution in [0.4, 0.5) is 0 Å². The number of benzene rings is 2. The van der Waals surface area contributed by atoms with Gasteiger partial charge in [0.2, 0.25) is 5.76 Å². The molecule has 9 heteroatoms. The number of para-hydroxylation sites is 1. The molecule has 2 aromatic carbocycles. The molecule has 5 rings (SSSR count). The van der Waals surface area contributed by atoms with Crippen LogP contribution in [0.25, 0.3) is 11.0 Å². The van der Waals surface area contributed by atoms with E-state index in [1.54, 1.807) is 48.5 Å². The molecule has 2 aliphatic heterocycles. The number of amides is 1. The molecule has 3 aromatic rings. The lowest BCUT2D eigenvalue weighted by Gasteiger charge is -2.30. The van der Waals surface area contributed by atoms with E-state index in [4.69, 9.17) is 13.9 Å². The largest absolute Gasteiger partial charge is 0.490 e. The maximum absolute atomic E-state index is 13.6. The van der Waals surface area contributed by atoms with Gasteiger partial charge in [-0.15, -0.1) is 0 Å². The summed E-state index contributed by atoms with van der Waals surface area (Å²) in [6, 6.07) is 10.6. The molecule has 0 aliphatic carbocycles. The van der Waals surface area contributed by atoms with Gasteiger partial charge in [0.25, 0.3) is 5.91 Å². The number of sulfone groups is 1. The molecule has 3 heterocycles. The molecule has 1 aromatic heterocycles. The number of hydrogen-bond donors (Lipinski definition) is 0. The van der Waals surface area contributed by atoms with E-state index < -0.39 is 27.8 Å². The molecule has 0 N–H and O–H groups in total. The van der Waals surface area contributed by atoms with Gasteiger partial charge in [-0.1, -0.05) is 30.9 Å². The van der Waals surface area contributed by atoms with E-state index in [0.717, 1.165) is 0 Å². The zero-order valence-corrected chi connectivity index (χ0v) is 20.0. The van der Waals surface area contributed by atoms with Crippen molar-refractivity contribution in [3.63, 3.8) is 0 Å². The van der Waals surface area contributed by atoms with Gasteiger partial charge in [-0.3, -0.25) is 9.59 Å². The van der Waals surface area contributed by atoms with Crippen molar-refractivity contribution in [2.45, 2.75) is 25.4 Å². The van der Waals surface area contributed by atoms with Gasteiger partial charge in [-0.2, -0.15) is 0 Å². The summed E-state index contributed by atoms with van der Waals surface area (Å²) in [5.41, 5.74) is 0.819. The average Bonchev–Trinajstić information content (AvgIpc) is 3.35. The molecular weight excluding hydrogens is 470 g/mol. The summed E-state index contributed by atoms with van der Waals surface area (Å²) in [6.07, 6.45) is 1.92. The SMILES string of the molecule is C=CCOc1ccc([C@H]2c3c(oc4ccccc4c3=O)C(=O)N2[C@H]2CCS(=O)(=O)C2)cc1OCC. The van der Waals surface area contributed by atoms with E-state index in [0.29, 0.717) is 41.1 Å². The molecule has 8 nitrogen and oxygen atoms in total. The Bertz CT molecular complexity index is 1490. The Morgan fingerprint density at radius 1 is 1.14 bits per heavy atom. The van der Waals surface area contributed by atoms with Crippen LogP contribution in [0.3, 0.4) is 0 Å². The molecule has 182 valence electrons. The summed E-state index contributed by atoms with van der Waals surface area (Å²) in [4.78, 5) is 28.8. The third-order valence-electron chi connectivity index (χ3n) is 6.36. The Balaban J connectivity index is 1.71. The van der Waals surface area contributed by atoms with Crippen molar-refractivity contribution < 1.29 is 27.1 Å². The van der Waals surface area contributed by atoms with E-state index in [2.05, 4.69) is 6.58 Å². The summed E-state index contributed by atoms with van der Waals surface area (Å²) in [5.74, 6) is 0.257. The predicted octanol–water partition coefficient (Wildman–Crippen LogP) is 3.49. The van der Waals surface area contributed by atoms with E-state index in [-0.39, 0.29) is 34.9 Å². The standard InChI is InChI=1S/C26H25NO7S/c1-3-12-33-20-10-9-16(14-21(20)32-4-2)23-22-24(28)18-7-5-6-8-19(18)34-25(22)26(29)27(23)17-11-13-35(30,31)15-17/h3,5-10,14,17,23H,1,4,11-13,15H2,2H3/t17-,23-/m0/s1. The molecular formula is C26H25NO7S. The Kier molecular flexibility index (Phi) is 5.88. The Morgan fingerprint density at radius 2 is 1.94 bits per heavy atom. The maximum Gasteiger partial charge on any atom is 0.291 e. The first-order valence-electron chi connectivity index (χ1n) is 11.4. The number of nitrogens with zero attached hydrogens (tertiary/aromatic N) is 1. The van der Waals surface area contributed by atoms with Crippen molar-refractivity contribution in [2.24, 2.45) is 0 Å². The predicted molar refractivity (Wildman–Crippen MR) is 131 cm³/mol. The molecule has 0 saturated carbocycles. The molecule has 1 fully saturated rings. The molecule has 1 saturated heterocycles. The van der Waals surface area contributed by atoms with E-state index in [9.17, 15) is 18.0 Å². The zero-order valence-electron chi connectivity index (χ0n) is 19.2. The fourth-order valence-corrected chi connectivity index (χ4v) is 6.58. The highest BCUT2D eigenvalue weighted by Gasteiger charge is 2.48. The lowest BCUT2D eigenvalue weighted by Crippen LogP contribution is -2.40. The highest BCUT2D eigenvalue weighted by molar-refractivity contribution is 7.91. The normalized spacial score (nSPS) is 20.7. The molecule has 1 amide bonds. The third kappa shape index (κ3) is 3.99. The number of carbonyl (C=O) groups excluding carboxylic acids is 1. The van der Waals surface area contributed by atoms with Crippen LogP contribution in [0.15, 0.2) is 64.3 Å². The van der Waals surface area contributed by atoms with Crippen LogP contribution in [-0.2, 0) is 9.84 Å². The zero-order chi connectivity index (χ0) is 24.7. The highest BCUT2D eigenvalue weighted by Crippen LogP contribution is 2.43. The average molecular weight is 496 g/mol. The first-order chi connectivity index (χ1) is 16.8. The van der Waals surface area contributed by atoms with Crippen LogP contribution in [-0.4, -0.2) is 50.0 Å². The highest BCUT2D eigenvalue weighted by atomic mass is 32.2. The van der Waals surface area contributed by atoms with Gasteiger partial charge in [0, 0.05) is 6.04 Å². The van der Waals surface area contributed by atoms with Crippen LogP contribution >= 0.6 is 0 Å². The smallest absolute Gasteiger partial charge is 0.291 e. The lowest BCUT2D eigenvalue weighted by atomic mass is 9.97. The minimum absolute atomic E-state index is 0.00755. The van der Waals surface area contributed by atoms with Crippen molar-refractivity contribution in [1.29, 1.82) is 0 Å². The van der Waals surface area contributed by atoms with Crippen LogP contribution < -0.4 is 14.9 Å². The van der Waals surface area contributed by atoms with Gasteiger partial charge in [0.15, 0.2) is 26.8 Å². The monoisotopic (exact) mass is 495 g/mol. The second-order valence-corrected chi connectivity index (χ2v) is 10.8. The van der Waals surface area contributed by atoms with E-state index in [1.165, 1.54) is 4.90 Å². The second kappa shape index (κ2) is 8.88. The van der Waals surface area contributed by atoms with Crippen LogP contribution in [0, 0.1) is 0 Å². The number of rotatable bonds is 7. The topological polar surface area (TPSA) is 103 Å². The third-order valence-corrected chi connectivity index (χ3v) is 8.11. The minimum Gasteiger partial charge on any atom is -0.490 e. The second-order valence-electron chi connectivity index (χ2n) is 8.58. The summed E-state index contributed by atoms with van der Waals surface area (Å²) < 4.78 is 42.0. The van der Waals surface area contributed by atoms with Gasteiger partial charge in [0.1, 0.15) is 12.2 Å². The van der Waals surface area contributed by atoms with E-state index >= 15 is 0 Å². The van der Waals surface area contributed by atoms with Crippen molar-refractivity contribution in [1.82, 2.24) is 4.90 Å². The fraction of sp³-hybridized carbons (Fsp3) is 0.308. The fourth-order valence-electron chi connectivity index (χ4n) is 4.87. The Morgan fingerprint density at radius 3 is 2.66 bits per heavy atom. The number of hydrogen-bond acceptors (Lipinski definition) is 7. The Hall–Kier alpha value is -3.59. The van der Waals surface area contributed by atoms with Crippen molar-refractivity contribution in [3.8, 4) is 11.5 Å². The molecule has 0 unspecified atom stereocenters. The van der Waals surface area contributed by atoms with Crippen molar-refractivity contribution in [3.05, 3.63) is 82.2 Å². The van der Waals surface area contributed by atoms with Gasteiger partial charge in [0.05, 0.1) is 35.1 Å². The number of fused-ring (bicyclic) bond motifs is 2. The molecule has 0 radical (unpaired) electrons. The first kappa shape index (κ1) is 23.2. The minimum atomic E-state index is -3.29. The summed E-state index contributed by atoms with van der Waals surface area (Å²) >= 11 is 0. The lowest BCUT2D eigenvalue weighted by molar-refractivity contribution is 0.0662. The summed E-state index contributed by atoms with van der Waals surface area (Å²) in [5, 5.41) is 0.362. The molecule has 35 heavy (non-hydrogen) atoms. The summed E-state index contributed by atoms with van der Waals surface area (Å²) in [6.45, 7) is 6.17. The number of carbonyl (C=O) groups is 1. The molecule has 2 atom stereocenters. The molecule has 0 spiro atoms. The first-order valence-corrected chi connectivity index (χ1v) is 13.3. The van der Waals surface area contributed by atoms with Gasteiger partial charge in [-0.05, 0) is 43.2 Å². The summed E-state index contributed by atoms with van der Waals surface area (Å²) in [7, 11) is -3.29. The van der Waals surface area contributed by atoms with Gasteiger partial charge < -0.3 is 18.8 Å². The van der Waals surface area contributed by atoms with Gasteiger partial charge >= 0.3 is 0 Å². The van der Waals surface area contributed by atoms with Crippen LogP contribution in [0.1, 0.15) is 41.1 Å². The molecule has 0 bridgehead atoms. The maximum atomic E-state index is 13.6. The van der Waals surface area contributed by atoms with E-state index in [1.807, 2.05) is 6.92 Å².